The molecule has 0 aromatic heterocycles. The van der Waals surface area contributed by atoms with E-state index in [1.54, 1.807) is 18.2 Å². The van der Waals surface area contributed by atoms with Crippen LogP contribution in [0.2, 0.25) is 10.0 Å². The average Bonchev–Trinajstić information content (AvgIpc) is 2.66. The second-order valence-corrected chi connectivity index (χ2v) is 10.1. The Morgan fingerprint density at radius 2 is 1.94 bits per heavy atom. The first-order valence-corrected chi connectivity index (χ1v) is 11.2. The summed E-state index contributed by atoms with van der Waals surface area (Å²) in [6, 6.07) is 4.89. The average molecular weight is 486 g/mol. The van der Waals surface area contributed by atoms with Gasteiger partial charge >= 0.3 is 7.12 Å². The molecule has 0 spiro atoms. The molecule has 1 saturated heterocycles. The lowest BCUT2D eigenvalue weighted by atomic mass is 9.72. The van der Waals surface area contributed by atoms with Crippen molar-refractivity contribution in [1.82, 2.24) is 10.6 Å². The van der Waals surface area contributed by atoms with Crippen LogP contribution in [-0.4, -0.2) is 49.0 Å². The van der Waals surface area contributed by atoms with Crippen molar-refractivity contribution < 1.29 is 23.7 Å². The predicted molar refractivity (Wildman–Crippen MR) is 126 cm³/mol. The van der Waals surface area contributed by atoms with Crippen LogP contribution >= 0.6 is 23.2 Å². The number of amides is 2. The van der Waals surface area contributed by atoms with Gasteiger partial charge in [-0.1, -0.05) is 37.0 Å². The van der Waals surface area contributed by atoms with Crippen LogP contribution in [0.3, 0.4) is 0 Å². The zero-order valence-electron chi connectivity index (χ0n) is 19.0. The van der Waals surface area contributed by atoms with E-state index in [2.05, 4.69) is 16.0 Å². The fraction of sp³-hybridized carbons (Fsp3) is 0.571. The number of halogens is 2. The first-order chi connectivity index (χ1) is 14.8. The van der Waals surface area contributed by atoms with E-state index in [1.165, 1.54) is 0 Å². The van der Waals surface area contributed by atoms with Gasteiger partial charge in [-0.05, 0) is 51.3 Å². The van der Waals surface area contributed by atoms with Gasteiger partial charge in [0.05, 0.1) is 29.6 Å². The van der Waals surface area contributed by atoms with Crippen LogP contribution in [0.1, 0.15) is 47.5 Å². The van der Waals surface area contributed by atoms with Crippen molar-refractivity contribution in [2.75, 3.05) is 11.9 Å². The highest BCUT2D eigenvalue weighted by Crippen LogP contribution is 2.25. The maximum atomic E-state index is 12.6. The van der Waals surface area contributed by atoms with Gasteiger partial charge in [0, 0.05) is 10.6 Å². The standard InChI is InChI=1S/C21H30BCl2N3O5/c1-12(2)8-17(26-18(28)11-25-15-9-13(23)6-7-14(15)24)22-31-16(10-19(29)32-22)20(30)27-21(3,4)5/h6-7,9,12,16-17,25H,8,10-11H2,1-5H3,(H,26,28)(H,27,30)/t16-,17+/m1/s1. The van der Waals surface area contributed by atoms with Crippen LogP contribution in [0, 0.1) is 5.92 Å². The minimum atomic E-state index is -1.08. The van der Waals surface area contributed by atoms with Gasteiger partial charge in [-0.15, -0.1) is 0 Å². The van der Waals surface area contributed by atoms with Gasteiger partial charge in [0.25, 0.3) is 5.97 Å². The van der Waals surface area contributed by atoms with Crippen molar-refractivity contribution in [2.24, 2.45) is 5.92 Å². The smallest absolute Gasteiger partial charge is 0.508 e. The molecule has 11 heteroatoms. The molecule has 3 N–H and O–H groups in total. The van der Waals surface area contributed by atoms with Gasteiger partial charge in [-0.25, -0.2) is 0 Å². The van der Waals surface area contributed by atoms with Gasteiger partial charge in [-0.3, -0.25) is 14.4 Å². The number of carbonyl (C=O) groups is 3. The molecule has 2 atom stereocenters. The van der Waals surface area contributed by atoms with E-state index in [1.807, 2.05) is 34.6 Å². The number of hydrogen-bond donors (Lipinski definition) is 3. The molecule has 2 amide bonds. The molecule has 1 aromatic rings. The SMILES string of the molecule is CC(C)C[C@H](NC(=O)CNc1cc(Cl)ccc1Cl)B1OC(=O)C[C@H](C(=O)NC(C)(C)C)O1. The zero-order chi connectivity index (χ0) is 24.1. The summed E-state index contributed by atoms with van der Waals surface area (Å²) in [7, 11) is -1.08. The molecule has 1 aromatic carbocycles. The molecule has 1 aliphatic heterocycles. The summed E-state index contributed by atoms with van der Waals surface area (Å²) < 4.78 is 11.1. The molecule has 176 valence electrons. The molecule has 0 bridgehead atoms. The Morgan fingerprint density at radius 3 is 2.56 bits per heavy atom. The molecule has 8 nitrogen and oxygen atoms in total. The van der Waals surface area contributed by atoms with E-state index in [-0.39, 0.29) is 24.8 Å². The molecular weight excluding hydrogens is 456 g/mol. The fourth-order valence-electron chi connectivity index (χ4n) is 3.16. The summed E-state index contributed by atoms with van der Waals surface area (Å²) in [5.74, 6) is -1.77. The van der Waals surface area contributed by atoms with E-state index < -0.39 is 36.6 Å². The summed E-state index contributed by atoms with van der Waals surface area (Å²) in [5.41, 5.74) is 0.0461. The fourth-order valence-corrected chi connectivity index (χ4v) is 3.52. The Labute approximate surface area is 199 Å². The van der Waals surface area contributed by atoms with Gasteiger partial charge < -0.3 is 25.3 Å². The third-order valence-electron chi connectivity index (χ3n) is 4.46. The third kappa shape index (κ3) is 8.52. The topological polar surface area (TPSA) is 106 Å². The Hall–Kier alpha value is -1.97. The maximum absolute atomic E-state index is 12.6. The molecule has 32 heavy (non-hydrogen) atoms. The summed E-state index contributed by atoms with van der Waals surface area (Å²) in [6.07, 6.45) is -0.694. The number of rotatable bonds is 8. The van der Waals surface area contributed by atoms with E-state index in [9.17, 15) is 14.4 Å². The van der Waals surface area contributed by atoms with Crippen LogP contribution in [0.25, 0.3) is 0 Å². The lowest BCUT2D eigenvalue weighted by Gasteiger charge is -2.33. The normalized spacial score (nSPS) is 17.6. The van der Waals surface area contributed by atoms with Crippen LogP contribution in [0.5, 0.6) is 0 Å². The molecule has 1 fully saturated rings. The van der Waals surface area contributed by atoms with E-state index in [0.717, 1.165) is 0 Å². The van der Waals surface area contributed by atoms with E-state index in [4.69, 9.17) is 32.5 Å². The van der Waals surface area contributed by atoms with Crippen molar-refractivity contribution in [1.29, 1.82) is 0 Å². The van der Waals surface area contributed by atoms with Crippen molar-refractivity contribution in [3.05, 3.63) is 28.2 Å². The molecular formula is C21H30BCl2N3O5. The summed E-state index contributed by atoms with van der Waals surface area (Å²) in [4.78, 5) is 37.3. The molecule has 0 saturated carbocycles. The van der Waals surface area contributed by atoms with Gasteiger partial charge in [0.2, 0.25) is 11.8 Å². The van der Waals surface area contributed by atoms with Crippen LogP contribution < -0.4 is 16.0 Å². The van der Waals surface area contributed by atoms with E-state index >= 15 is 0 Å². The van der Waals surface area contributed by atoms with Crippen molar-refractivity contribution in [3.63, 3.8) is 0 Å². The highest BCUT2D eigenvalue weighted by atomic mass is 35.5. The lowest BCUT2D eigenvalue weighted by molar-refractivity contribution is -0.149. The summed E-state index contributed by atoms with van der Waals surface area (Å²) in [6.45, 7) is 9.37. The second kappa shape index (κ2) is 11.3. The summed E-state index contributed by atoms with van der Waals surface area (Å²) in [5, 5.41) is 9.49. The third-order valence-corrected chi connectivity index (χ3v) is 5.02. The minimum absolute atomic E-state index is 0.0801. The van der Waals surface area contributed by atoms with Crippen molar-refractivity contribution in [3.8, 4) is 0 Å². The quantitative estimate of drug-likeness (QED) is 0.488. The Bertz CT molecular complexity index is 847. The molecule has 1 aliphatic rings. The monoisotopic (exact) mass is 485 g/mol. The number of anilines is 1. The van der Waals surface area contributed by atoms with Crippen LogP contribution in [0.15, 0.2) is 18.2 Å². The van der Waals surface area contributed by atoms with Crippen LogP contribution in [0.4, 0.5) is 5.69 Å². The molecule has 0 radical (unpaired) electrons. The first-order valence-electron chi connectivity index (χ1n) is 10.5. The number of carbonyl (C=O) groups excluding carboxylic acids is 3. The van der Waals surface area contributed by atoms with Gasteiger partial charge in [0.1, 0.15) is 6.10 Å². The Kier molecular flexibility index (Phi) is 9.24. The number of benzene rings is 1. The van der Waals surface area contributed by atoms with Gasteiger partial charge in [0.15, 0.2) is 0 Å². The minimum Gasteiger partial charge on any atom is -0.508 e. The van der Waals surface area contributed by atoms with E-state index in [0.29, 0.717) is 22.2 Å². The predicted octanol–water partition coefficient (Wildman–Crippen LogP) is 3.21. The maximum Gasteiger partial charge on any atom is 0.551 e. The summed E-state index contributed by atoms with van der Waals surface area (Å²) >= 11 is 12.1. The highest BCUT2D eigenvalue weighted by Gasteiger charge is 2.44. The van der Waals surface area contributed by atoms with Crippen molar-refractivity contribution >= 4 is 53.8 Å². The molecule has 2 rings (SSSR count). The largest absolute Gasteiger partial charge is 0.551 e. The Balaban J connectivity index is 2.05. The first kappa shape index (κ1) is 26.3. The van der Waals surface area contributed by atoms with Crippen molar-refractivity contribution in [2.45, 2.75) is 65.0 Å². The lowest BCUT2D eigenvalue weighted by Crippen LogP contribution is -2.58. The molecule has 0 unspecified atom stereocenters. The highest BCUT2D eigenvalue weighted by molar-refractivity contribution is 6.50. The number of nitrogens with one attached hydrogen (secondary N) is 3. The second-order valence-electron chi connectivity index (χ2n) is 9.21. The van der Waals surface area contributed by atoms with Gasteiger partial charge in [-0.2, -0.15) is 0 Å². The van der Waals surface area contributed by atoms with Crippen LogP contribution in [-0.2, 0) is 23.7 Å². The number of hydrogen-bond acceptors (Lipinski definition) is 6. The Morgan fingerprint density at radius 1 is 1.25 bits per heavy atom. The molecule has 0 aliphatic carbocycles. The molecule has 1 heterocycles. The zero-order valence-corrected chi connectivity index (χ0v) is 20.5.